The predicted octanol–water partition coefficient (Wildman–Crippen LogP) is 2.81. The predicted molar refractivity (Wildman–Crippen MR) is 84.8 cm³/mol. The van der Waals surface area contributed by atoms with Crippen molar-refractivity contribution in [3.63, 3.8) is 0 Å². The average Bonchev–Trinajstić information content (AvgIpc) is 3.38. The van der Waals surface area contributed by atoms with Crippen LogP contribution in [-0.2, 0) is 11.3 Å². The van der Waals surface area contributed by atoms with E-state index in [1.54, 1.807) is 0 Å². The smallest absolute Gasteiger partial charge is 0.227 e. The molecular formula is C18H26N2O. The standard InChI is InChI=1S/C18H26N2O/c1-14(16-9-10-16)20(13-15-6-3-2-4-7-15)18(21)17-8-5-11-19-12-17/h2-4,6-7,14,16-17,19H,5,8-13H2,1H3/t14?,17-/m0/s1. The molecule has 1 heterocycles. The van der Waals surface area contributed by atoms with Crippen molar-refractivity contribution in [2.45, 2.75) is 45.2 Å². The van der Waals surface area contributed by atoms with Gasteiger partial charge in [-0.2, -0.15) is 0 Å². The molecule has 1 saturated carbocycles. The van der Waals surface area contributed by atoms with Crippen LogP contribution in [0.5, 0.6) is 0 Å². The lowest BCUT2D eigenvalue weighted by Gasteiger charge is -2.34. The fraction of sp³-hybridized carbons (Fsp3) is 0.611. The highest BCUT2D eigenvalue weighted by Gasteiger charge is 2.36. The normalized spacial score (nSPS) is 23.6. The molecule has 1 aromatic carbocycles. The van der Waals surface area contributed by atoms with Crippen LogP contribution in [0.1, 0.15) is 38.2 Å². The molecule has 1 N–H and O–H groups in total. The Bertz CT molecular complexity index is 463. The van der Waals surface area contributed by atoms with E-state index in [-0.39, 0.29) is 5.92 Å². The number of hydrogen-bond donors (Lipinski definition) is 1. The number of benzene rings is 1. The Morgan fingerprint density at radius 1 is 1.29 bits per heavy atom. The van der Waals surface area contributed by atoms with Gasteiger partial charge in [-0.3, -0.25) is 4.79 Å². The number of amides is 1. The van der Waals surface area contributed by atoms with Gasteiger partial charge in [0.25, 0.3) is 0 Å². The van der Waals surface area contributed by atoms with Gasteiger partial charge in [0.1, 0.15) is 0 Å². The molecule has 2 atom stereocenters. The molecule has 1 aromatic rings. The second kappa shape index (κ2) is 6.61. The maximum atomic E-state index is 13.0. The Balaban J connectivity index is 1.73. The van der Waals surface area contributed by atoms with Gasteiger partial charge in [-0.15, -0.1) is 0 Å². The molecule has 2 aliphatic rings. The van der Waals surface area contributed by atoms with E-state index >= 15 is 0 Å². The van der Waals surface area contributed by atoms with Gasteiger partial charge in [-0.05, 0) is 50.6 Å². The lowest BCUT2D eigenvalue weighted by Crippen LogP contribution is -2.46. The second-order valence-electron chi connectivity index (χ2n) is 6.57. The van der Waals surface area contributed by atoms with Crippen LogP contribution in [0.4, 0.5) is 0 Å². The van der Waals surface area contributed by atoms with Gasteiger partial charge < -0.3 is 10.2 Å². The molecule has 1 amide bonds. The maximum Gasteiger partial charge on any atom is 0.227 e. The first-order chi connectivity index (χ1) is 10.3. The van der Waals surface area contributed by atoms with Gasteiger partial charge in [-0.25, -0.2) is 0 Å². The molecule has 0 aromatic heterocycles. The number of nitrogens with one attached hydrogen (secondary N) is 1. The first-order valence-electron chi connectivity index (χ1n) is 8.31. The van der Waals surface area contributed by atoms with Crippen LogP contribution in [0, 0.1) is 11.8 Å². The van der Waals surface area contributed by atoms with Crippen LogP contribution in [0.2, 0.25) is 0 Å². The zero-order chi connectivity index (χ0) is 14.7. The molecule has 1 aliphatic carbocycles. The Morgan fingerprint density at radius 2 is 2.05 bits per heavy atom. The van der Waals surface area contributed by atoms with Crippen LogP contribution < -0.4 is 5.32 Å². The van der Waals surface area contributed by atoms with Gasteiger partial charge >= 0.3 is 0 Å². The molecule has 0 bridgehead atoms. The molecule has 3 heteroatoms. The van der Waals surface area contributed by atoms with Crippen molar-refractivity contribution in [1.29, 1.82) is 0 Å². The topological polar surface area (TPSA) is 32.3 Å². The summed E-state index contributed by atoms with van der Waals surface area (Å²) in [4.78, 5) is 15.1. The summed E-state index contributed by atoms with van der Waals surface area (Å²) in [5.74, 6) is 1.24. The van der Waals surface area contributed by atoms with E-state index in [1.807, 2.05) is 6.07 Å². The fourth-order valence-electron chi connectivity index (χ4n) is 3.33. The van der Waals surface area contributed by atoms with E-state index < -0.39 is 0 Å². The molecular weight excluding hydrogens is 260 g/mol. The van der Waals surface area contributed by atoms with E-state index in [0.29, 0.717) is 17.9 Å². The van der Waals surface area contributed by atoms with Gasteiger partial charge in [0, 0.05) is 19.1 Å². The quantitative estimate of drug-likeness (QED) is 0.902. The molecule has 1 unspecified atom stereocenters. The molecule has 0 spiro atoms. The molecule has 1 saturated heterocycles. The van der Waals surface area contributed by atoms with E-state index in [4.69, 9.17) is 0 Å². The zero-order valence-corrected chi connectivity index (χ0v) is 12.9. The van der Waals surface area contributed by atoms with Crippen molar-refractivity contribution in [3.8, 4) is 0 Å². The Morgan fingerprint density at radius 3 is 2.67 bits per heavy atom. The maximum absolute atomic E-state index is 13.0. The fourth-order valence-corrected chi connectivity index (χ4v) is 3.33. The summed E-state index contributed by atoms with van der Waals surface area (Å²) in [6, 6.07) is 10.8. The summed E-state index contributed by atoms with van der Waals surface area (Å²) in [6.45, 7) is 4.89. The van der Waals surface area contributed by atoms with E-state index in [0.717, 1.165) is 32.5 Å². The van der Waals surface area contributed by atoms with Gasteiger partial charge in [0.2, 0.25) is 5.91 Å². The molecule has 21 heavy (non-hydrogen) atoms. The first kappa shape index (κ1) is 14.6. The third-order valence-corrected chi connectivity index (χ3v) is 4.92. The third-order valence-electron chi connectivity index (χ3n) is 4.92. The summed E-state index contributed by atoms with van der Waals surface area (Å²) >= 11 is 0. The minimum absolute atomic E-state index is 0.170. The Kier molecular flexibility index (Phi) is 4.59. The van der Waals surface area contributed by atoms with Crippen molar-refractivity contribution in [3.05, 3.63) is 35.9 Å². The van der Waals surface area contributed by atoms with Crippen molar-refractivity contribution >= 4 is 5.91 Å². The van der Waals surface area contributed by atoms with Gasteiger partial charge in [-0.1, -0.05) is 30.3 Å². The molecule has 114 valence electrons. The highest BCUT2D eigenvalue weighted by Crippen LogP contribution is 2.36. The molecule has 1 aliphatic heterocycles. The van der Waals surface area contributed by atoms with Crippen molar-refractivity contribution < 1.29 is 4.79 Å². The second-order valence-corrected chi connectivity index (χ2v) is 6.57. The number of nitrogens with zero attached hydrogens (tertiary/aromatic N) is 1. The molecule has 0 radical (unpaired) electrons. The zero-order valence-electron chi connectivity index (χ0n) is 12.9. The summed E-state index contributed by atoms with van der Waals surface area (Å²) in [5.41, 5.74) is 1.24. The summed E-state index contributed by atoms with van der Waals surface area (Å²) in [7, 11) is 0. The van der Waals surface area contributed by atoms with Crippen LogP contribution in [0.25, 0.3) is 0 Å². The first-order valence-corrected chi connectivity index (χ1v) is 8.31. The minimum Gasteiger partial charge on any atom is -0.335 e. The highest BCUT2D eigenvalue weighted by molar-refractivity contribution is 5.79. The third kappa shape index (κ3) is 3.65. The summed E-state index contributed by atoms with van der Waals surface area (Å²) in [6.07, 6.45) is 4.72. The lowest BCUT2D eigenvalue weighted by atomic mass is 9.96. The average molecular weight is 286 g/mol. The number of piperidine rings is 1. The Labute approximate surface area is 127 Å². The number of carbonyl (C=O) groups is 1. The minimum atomic E-state index is 0.170. The van der Waals surface area contributed by atoms with Crippen LogP contribution in [0.15, 0.2) is 30.3 Å². The largest absolute Gasteiger partial charge is 0.335 e. The van der Waals surface area contributed by atoms with E-state index in [2.05, 4.69) is 41.4 Å². The summed E-state index contributed by atoms with van der Waals surface area (Å²) < 4.78 is 0. The van der Waals surface area contributed by atoms with Gasteiger partial charge in [0.15, 0.2) is 0 Å². The van der Waals surface area contributed by atoms with Crippen molar-refractivity contribution in [1.82, 2.24) is 10.2 Å². The van der Waals surface area contributed by atoms with Crippen LogP contribution >= 0.6 is 0 Å². The van der Waals surface area contributed by atoms with Crippen molar-refractivity contribution in [2.24, 2.45) is 11.8 Å². The number of rotatable bonds is 5. The highest BCUT2D eigenvalue weighted by atomic mass is 16.2. The summed E-state index contributed by atoms with van der Waals surface area (Å²) in [5, 5.41) is 3.37. The SMILES string of the molecule is CC(C1CC1)N(Cc1ccccc1)C(=O)[C@H]1CCCNC1. The van der Waals surface area contributed by atoms with Crippen LogP contribution in [0.3, 0.4) is 0 Å². The van der Waals surface area contributed by atoms with Crippen LogP contribution in [-0.4, -0.2) is 29.9 Å². The number of hydrogen-bond acceptors (Lipinski definition) is 2. The van der Waals surface area contributed by atoms with Gasteiger partial charge in [0.05, 0.1) is 5.92 Å². The van der Waals surface area contributed by atoms with E-state index in [9.17, 15) is 4.79 Å². The molecule has 3 nitrogen and oxygen atoms in total. The lowest BCUT2D eigenvalue weighted by molar-refractivity contribution is -0.139. The number of carbonyl (C=O) groups excluding carboxylic acids is 1. The molecule has 2 fully saturated rings. The monoisotopic (exact) mass is 286 g/mol. The van der Waals surface area contributed by atoms with E-state index in [1.165, 1.54) is 18.4 Å². The van der Waals surface area contributed by atoms with Crippen molar-refractivity contribution in [2.75, 3.05) is 13.1 Å². The molecule has 3 rings (SSSR count). The Hall–Kier alpha value is -1.35.